The van der Waals surface area contributed by atoms with Gasteiger partial charge in [-0.1, -0.05) is 6.42 Å². The lowest BCUT2D eigenvalue weighted by Gasteiger charge is -2.35. The minimum absolute atomic E-state index is 0.152. The maximum absolute atomic E-state index is 10.9. The van der Waals surface area contributed by atoms with Crippen LogP contribution < -0.4 is 4.72 Å². The molecule has 0 unspecified atom stereocenters. The van der Waals surface area contributed by atoms with Gasteiger partial charge in [0.25, 0.3) is 0 Å². The highest BCUT2D eigenvalue weighted by Crippen LogP contribution is 2.43. The van der Waals surface area contributed by atoms with Crippen molar-refractivity contribution in [2.24, 2.45) is 5.41 Å². The third-order valence-corrected chi connectivity index (χ3v) is 4.15. The van der Waals surface area contributed by atoms with E-state index in [-0.39, 0.29) is 5.41 Å². The van der Waals surface area contributed by atoms with E-state index in [1.807, 2.05) is 0 Å². The molecule has 2 aliphatic rings. The molecule has 1 aliphatic carbocycles. The first-order valence-electron chi connectivity index (χ1n) is 3.59. The molecule has 3 nitrogen and oxygen atoms in total. The van der Waals surface area contributed by atoms with Crippen molar-refractivity contribution in [1.82, 2.24) is 4.72 Å². The first kappa shape index (κ1) is 6.61. The van der Waals surface area contributed by atoms with E-state index in [4.69, 9.17) is 0 Å². The molecule has 2 fully saturated rings. The molecule has 0 atom stereocenters. The van der Waals surface area contributed by atoms with Crippen LogP contribution in [0, 0.1) is 5.41 Å². The van der Waals surface area contributed by atoms with Gasteiger partial charge in [0.15, 0.2) is 0 Å². The summed E-state index contributed by atoms with van der Waals surface area (Å²) in [4.78, 5) is 0. The lowest BCUT2D eigenvalue weighted by atomic mass is 9.70. The van der Waals surface area contributed by atoms with E-state index in [1.165, 1.54) is 6.42 Å². The van der Waals surface area contributed by atoms with Gasteiger partial charge in [-0.05, 0) is 18.3 Å². The minimum atomic E-state index is -2.86. The Bertz CT molecular complexity index is 240. The van der Waals surface area contributed by atoms with Crippen LogP contribution in [0.15, 0.2) is 0 Å². The van der Waals surface area contributed by atoms with Crippen molar-refractivity contribution < 1.29 is 8.42 Å². The molecule has 4 heteroatoms. The van der Waals surface area contributed by atoms with Crippen molar-refractivity contribution in [1.29, 1.82) is 0 Å². The highest BCUT2D eigenvalue weighted by atomic mass is 32.2. The molecule has 58 valence electrons. The Morgan fingerprint density at radius 2 is 2.00 bits per heavy atom. The maximum atomic E-state index is 10.9. The van der Waals surface area contributed by atoms with Crippen LogP contribution in [-0.2, 0) is 10.0 Å². The first-order valence-corrected chi connectivity index (χ1v) is 5.25. The van der Waals surface area contributed by atoms with Gasteiger partial charge in [0.1, 0.15) is 0 Å². The summed E-state index contributed by atoms with van der Waals surface area (Å²) in [6.07, 6.45) is 3.40. The zero-order valence-electron chi connectivity index (χ0n) is 5.76. The molecule has 0 amide bonds. The molecule has 0 aromatic carbocycles. The Morgan fingerprint density at radius 3 is 2.20 bits per heavy atom. The molecule has 1 saturated carbocycles. The fourth-order valence-corrected chi connectivity index (χ4v) is 3.59. The van der Waals surface area contributed by atoms with Crippen molar-refractivity contribution in [3.63, 3.8) is 0 Å². The SMILES string of the molecule is O=S1(=O)CC2(CCC2)CN1. The predicted octanol–water partition coefficient (Wildman–Crippen LogP) is 0.0897. The van der Waals surface area contributed by atoms with E-state index in [9.17, 15) is 8.42 Å². The number of nitrogens with one attached hydrogen (secondary N) is 1. The number of rotatable bonds is 0. The molecular formula is C6H11NO2S. The molecular weight excluding hydrogens is 150 g/mol. The van der Waals surface area contributed by atoms with E-state index in [1.54, 1.807) is 0 Å². The van der Waals surface area contributed by atoms with Gasteiger partial charge >= 0.3 is 0 Å². The highest BCUT2D eigenvalue weighted by molar-refractivity contribution is 7.89. The second kappa shape index (κ2) is 1.74. The number of hydrogen-bond donors (Lipinski definition) is 1. The van der Waals surface area contributed by atoms with Crippen molar-refractivity contribution in [2.75, 3.05) is 12.3 Å². The van der Waals surface area contributed by atoms with Gasteiger partial charge in [-0.3, -0.25) is 0 Å². The molecule has 1 saturated heterocycles. The maximum Gasteiger partial charge on any atom is 0.212 e. The van der Waals surface area contributed by atoms with Crippen LogP contribution in [0.2, 0.25) is 0 Å². The van der Waals surface area contributed by atoms with Crippen molar-refractivity contribution in [3.05, 3.63) is 0 Å². The summed E-state index contributed by atoms with van der Waals surface area (Å²) < 4.78 is 24.4. The largest absolute Gasteiger partial charge is 0.215 e. The van der Waals surface area contributed by atoms with E-state index < -0.39 is 10.0 Å². The summed E-state index contributed by atoms with van der Waals surface area (Å²) >= 11 is 0. The van der Waals surface area contributed by atoms with Gasteiger partial charge < -0.3 is 0 Å². The molecule has 1 aliphatic heterocycles. The second-order valence-corrected chi connectivity index (χ2v) is 5.24. The normalized spacial score (nSPS) is 34.0. The molecule has 0 aromatic heterocycles. The summed E-state index contributed by atoms with van der Waals surface area (Å²) in [5, 5.41) is 0. The van der Waals surface area contributed by atoms with Crippen LogP contribution >= 0.6 is 0 Å². The Hall–Kier alpha value is -0.0900. The van der Waals surface area contributed by atoms with Crippen LogP contribution in [0.1, 0.15) is 19.3 Å². The molecule has 0 radical (unpaired) electrons. The van der Waals surface area contributed by atoms with Gasteiger partial charge in [-0.15, -0.1) is 0 Å². The average Bonchev–Trinajstić information content (AvgIpc) is 2.04. The first-order chi connectivity index (χ1) is 4.62. The topological polar surface area (TPSA) is 46.2 Å². The van der Waals surface area contributed by atoms with Gasteiger partial charge in [-0.25, -0.2) is 13.1 Å². The highest BCUT2D eigenvalue weighted by Gasteiger charge is 2.45. The van der Waals surface area contributed by atoms with Crippen LogP contribution in [0.5, 0.6) is 0 Å². The Kier molecular flexibility index (Phi) is 1.15. The standard InChI is InChI=1S/C6H11NO2S/c8-10(9)5-6(4-7-10)2-1-3-6/h7H,1-5H2. The van der Waals surface area contributed by atoms with Crippen molar-refractivity contribution >= 4 is 10.0 Å². The van der Waals surface area contributed by atoms with Crippen molar-refractivity contribution in [3.8, 4) is 0 Å². The third kappa shape index (κ3) is 0.864. The van der Waals surface area contributed by atoms with Crippen LogP contribution in [0.3, 0.4) is 0 Å². The van der Waals surface area contributed by atoms with Crippen LogP contribution in [0.25, 0.3) is 0 Å². The molecule has 2 rings (SSSR count). The molecule has 1 spiro atoms. The summed E-state index contributed by atoms with van der Waals surface area (Å²) in [6.45, 7) is 0.690. The fraction of sp³-hybridized carbons (Fsp3) is 1.00. The lowest BCUT2D eigenvalue weighted by molar-refractivity contribution is 0.185. The van der Waals surface area contributed by atoms with Gasteiger partial charge in [0, 0.05) is 6.54 Å². The zero-order chi connectivity index (χ0) is 7.24. The summed E-state index contributed by atoms with van der Waals surface area (Å²) in [5.41, 5.74) is 0.152. The third-order valence-electron chi connectivity index (χ3n) is 2.58. The summed E-state index contributed by atoms with van der Waals surface area (Å²) in [6, 6.07) is 0. The van der Waals surface area contributed by atoms with E-state index in [2.05, 4.69) is 4.72 Å². The molecule has 0 bridgehead atoms. The molecule has 10 heavy (non-hydrogen) atoms. The Labute approximate surface area is 60.9 Å². The zero-order valence-corrected chi connectivity index (χ0v) is 6.58. The summed E-state index contributed by atoms with van der Waals surface area (Å²) in [7, 11) is -2.86. The fourth-order valence-electron chi connectivity index (χ4n) is 1.77. The Morgan fingerprint density at radius 1 is 1.30 bits per heavy atom. The van der Waals surface area contributed by atoms with Crippen molar-refractivity contribution in [2.45, 2.75) is 19.3 Å². The van der Waals surface area contributed by atoms with Crippen LogP contribution in [0.4, 0.5) is 0 Å². The smallest absolute Gasteiger partial charge is 0.212 e. The molecule has 1 heterocycles. The molecule has 1 N–H and O–H groups in total. The number of sulfonamides is 1. The second-order valence-electron chi connectivity index (χ2n) is 3.43. The molecule has 0 aromatic rings. The van der Waals surface area contributed by atoms with Gasteiger partial charge in [0.05, 0.1) is 5.75 Å². The quantitative estimate of drug-likeness (QED) is 0.547. The monoisotopic (exact) mass is 161 g/mol. The van der Waals surface area contributed by atoms with Gasteiger partial charge in [0.2, 0.25) is 10.0 Å². The minimum Gasteiger partial charge on any atom is -0.215 e. The predicted molar refractivity (Wildman–Crippen MR) is 38.1 cm³/mol. The summed E-state index contributed by atoms with van der Waals surface area (Å²) in [5.74, 6) is 0.375. The van der Waals surface area contributed by atoms with Gasteiger partial charge in [-0.2, -0.15) is 0 Å². The lowest BCUT2D eigenvalue weighted by Crippen LogP contribution is -2.33. The van der Waals surface area contributed by atoms with Crippen LogP contribution in [-0.4, -0.2) is 20.7 Å². The van der Waals surface area contributed by atoms with E-state index in [0.29, 0.717) is 12.3 Å². The number of hydrogen-bond acceptors (Lipinski definition) is 2. The Balaban J connectivity index is 2.19. The average molecular weight is 161 g/mol. The van der Waals surface area contributed by atoms with E-state index >= 15 is 0 Å². The van der Waals surface area contributed by atoms with E-state index in [0.717, 1.165) is 12.8 Å².